The second-order valence-electron chi connectivity index (χ2n) is 13.0. The third kappa shape index (κ3) is 6.26. The molecule has 2 aromatic heterocycles. The number of aliphatic hydroxyl groups is 1. The van der Waals surface area contributed by atoms with Crippen LogP contribution in [0, 0.1) is 6.92 Å². The lowest BCUT2D eigenvalue weighted by atomic mass is 9.96. The molecule has 0 unspecified atom stereocenters. The van der Waals surface area contributed by atoms with Gasteiger partial charge >= 0.3 is 6.09 Å². The summed E-state index contributed by atoms with van der Waals surface area (Å²) in [4.78, 5) is 44.9. The van der Waals surface area contributed by atoms with Crippen LogP contribution in [0.2, 0.25) is 0 Å². The number of amides is 2. The van der Waals surface area contributed by atoms with Crippen molar-refractivity contribution in [2.75, 3.05) is 47.9 Å². The fourth-order valence-corrected chi connectivity index (χ4v) is 5.79. The first-order valence-electron chi connectivity index (χ1n) is 14.9. The first kappa shape index (κ1) is 29.6. The van der Waals surface area contributed by atoms with Gasteiger partial charge in [0.05, 0.1) is 55.8 Å². The number of hydrogen-bond acceptors (Lipinski definition) is 10. The Hall–Kier alpha value is -4.45. The van der Waals surface area contributed by atoms with Crippen LogP contribution in [0.15, 0.2) is 36.7 Å². The van der Waals surface area contributed by atoms with Gasteiger partial charge in [-0.1, -0.05) is 12.1 Å². The summed E-state index contributed by atoms with van der Waals surface area (Å²) in [7, 11) is 0. The van der Waals surface area contributed by atoms with Crippen molar-refractivity contribution in [2.24, 2.45) is 0 Å². The summed E-state index contributed by atoms with van der Waals surface area (Å²) in [6, 6.07) is 7.64. The maximum atomic E-state index is 13.1. The Bertz CT molecular complexity index is 1580. The number of rotatable bonds is 5. The van der Waals surface area contributed by atoms with Crippen LogP contribution in [0.5, 0.6) is 5.88 Å². The lowest BCUT2D eigenvalue weighted by molar-refractivity contribution is -0.151. The van der Waals surface area contributed by atoms with Crippen molar-refractivity contribution in [1.29, 1.82) is 0 Å². The monoisotopic (exact) mass is 601 g/mol. The van der Waals surface area contributed by atoms with Crippen molar-refractivity contribution in [3.05, 3.63) is 59.0 Å². The lowest BCUT2D eigenvalue weighted by Crippen LogP contribution is -2.62. The molecule has 44 heavy (non-hydrogen) atoms. The van der Waals surface area contributed by atoms with Crippen molar-refractivity contribution in [3.8, 4) is 5.88 Å². The number of benzene rings is 1. The Morgan fingerprint density at radius 2 is 1.86 bits per heavy atom. The molecule has 2 N–H and O–H groups in total. The number of pyridine rings is 1. The van der Waals surface area contributed by atoms with Gasteiger partial charge in [-0.15, -0.1) is 0 Å². The molecule has 1 aromatic carbocycles. The Kier molecular flexibility index (Phi) is 7.56. The fraction of sp³-hybridized carbons (Fsp3) is 0.469. The molecule has 0 spiro atoms. The fourth-order valence-electron chi connectivity index (χ4n) is 5.79. The molecule has 0 saturated carbocycles. The molecule has 5 heterocycles. The van der Waals surface area contributed by atoms with Crippen LogP contribution >= 0.6 is 0 Å². The average Bonchev–Trinajstić information content (AvgIpc) is 2.95. The van der Waals surface area contributed by atoms with Crippen LogP contribution in [0.25, 0.3) is 0 Å². The van der Waals surface area contributed by atoms with Gasteiger partial charge < -0.3 is 29.7 Å². The van der Waals surface area contributed by atoms with Gasteiger partial charge in [0, 0.05) is 24.0 Å². The molecule has 0 radical (unpaired) electrons. The molecular weight excluding hydrogens is 562 g/mol. The second-order valence-corrected chi connectivity index (χ2v) is 13.0. The van der Waals surface area contributed by atoms with E-state index in [4.69, 9.17) is 14.5 Å². The van der Waals surface area contributed by atoms with Crippen LogP contribution < -0.4 is 19.9 Å². The van der Waals surface area contributed by atoms with Gasteiger partial charge in [-0.05, 0) is 64.3 Å². The SMILES string of the molecule is Cc1c(N2CCc3cnc(Nc4ccc(CC(=O)N5CC(C)(O)C5)cc4)nc3C2)cnc2c1N(C(=O)OC(C)(C)C)CCO2. The van der Waals surface area contributed by atoms with Crippen LogP contribution in [0.1, 0.15) is 50.1 Å². The molecule has 2 amide bonds. The highest BCUT2D eigenvalue weighted by Gasteiger charge is 2.39. The van der Waals surface area contributed by atoms with E-state index in [0.717, 1.165) is 46.7 Å². The van der Waals surface area contributed by atoms with Crippen molar-refractivity contribution in [2.45, 2.75) is 65.2 Å². The molecule has 3 aliphatic heterocycles. The topological polar surface area (TPSA) is 133 Å². The molecular formula is C32H39N7O5. The normalized spacial score (nSPS) is 17.2. The summed E-state index contributed by atoms with van der Waals surface area (Å²) in [6.07, 6.45) is 4.32. The lowest BCUT2D eigenvalue weighted by Gasteiger charge is -2.44. The highest BCUT2D eigenvalue weighted by molar-refractivity contribution is 5.92. The number of hydrogen-bond donors (Lipinski definition) is 2. The number of nitrogens with one attached hydrogen (secondary N) is 1. The number of carbonyl (C=O) groups is 2. The molecule has 1 saturated heterocycles. The molecule has 0 atom stereocenters. The smallest absolute Gasteiger partial charge is 0.415 e. The quantitative estimate of drug-likeness (QED) is 0.445. The average molecular weight is 602 g/mol. The zero-order valence-electron chi connectivity index (χ0n) is 25.9. The van der Waals surface area contributed by atoms with Gasteiger partial charge in [-0.2, -0.15) is 0 Å². The number of aromatic nitrogens is 3. The van der Waals surface area contributed by atoms with Gasteiger partial charge in [-0.25, -0.2) is 19.7 Å². The number of nitrogens with zero attached hydrogens (tertiary/aromatic N) is 6. The summed E-state index contributed by atoms with van der Waals surface area (Å²) in [5, 5.41) is 13.2. The van der Waals surface area contributed by atoms with Crippen molar-refractivity contribution in [1.82, 2.24) is 19.9 Å². The summed E-state index contributed by atoms with van der Waals surface area (Å²) >= 11 is 0. The third-order valence-electron chi connectivity index (χ3n) is 7.95. The zero-order chi connectivity index (χ0) is 31.2. The number of fused-ring (bicyclic) bond motifs is 2. The van der Waals surface area contributed by atoms with Gasteiger partial charge in [-0.3, -0.25) is 9.69 Å². The van der Waals surface area contributed by atoms with E-state index < -0.39 is 17.3 Å². The molecule has 3 aliphatic rings. The first-order chi connectivity index (χ1) is 20.8. The van der Waals surface area contributed by atoms with Gasteiger partial charge in [0.2, 0.25) is 17.7 Å². The van der Waals surface area contributed by atoms with Gasteiger partial charge in [0.1, 0.15) is 17.9 Å². The van der Waals surface area contributed by atoms with Crippen LogP contribution in [0.4, 0.5) is 27.8 Å². The number of carbonyl (C=O) groups excluding carboxylic acids is 2. The number of ether oxygens (including phenoxy) is 2. The second kappa shape index (κ2) is 11.2. The molecule has 3 aromatic rings. The minimum atomic E-state index is -0.774. The number of likely N-dealkylation sites (tertiary alicyclic amines) is 1. The van der Waals surface area contributed by atoms with Crippen molar-refractivity contribution < 1.29 is 24.2 Å². The zero-order valence-corrected chi connectivity index (χ0v) is 25.9. The largest absolute Gasteiger partial charge is 0.474 e. The van der Waals surface area contributed by atoms with Crippen molar-refractivity contribution >= 4 is 35.0 Å². The van der Waals surface area contributed by atoms with E-state index in [1.807, 2.05) is 58.2 Å². The molecule has 12 nitrogen and oxygen atoms in total. The molecule has 232 valence electrons. The Balaban J connectivity index is 1.14. The molecule has 0 aliphatic carbocycles. The minimum absolute atomic E-state index is 0.00856. The van der Waals surface area contributed by atoms with E-state index in [9.17, 15) is 14.7 Å². The standard InChI is InChI=1S/C32H39N7O5/c1-20-25(16-33-28-27(20)39(12-13-43-28)30(41)44-31(2,3)4)37-11-10-22-15-34-29(36-24(22)17-37)35-23-8-6-21(7-9-23)14-26(40)38-18-32(5,42)19-38/h6-9,15-16,42H,10-14,17-19H2,1-5H3,(H,34,35,36). The number of anilines is 4. The van der Waals surface area contributed by atoms with E-state index in [2.05, 4.69) is 20.2 Å². The van der Waals surface area contributed by atoms with Crippen molar-refractivity contribution in [3.63, 3.8) is 0 Å². The Morgan fingerprint density at radius 3 is 2.57 bits per heavy atom. The highest BCUT2D eigenvalue weighted by atomic mass is 16.6. The van der Waals surface area contributed by atoms with Gasteiger partial charge in [0.25, 0.3) is 0 Å². The molecule has 12 heteroatoms. The summed E-state index contributed by atoms with van der Waals surface area (Å²) in [6.45, 7) is 12.1. The van der Waals surface area contributed by atoms with Gasteiger partial charge in [0.15, 0.2) is 0 Å². The number of β-amino-alcohol motifs (C(OH)–C–C–N with tert-alkyl or cyclic N) is 1. The van der Waals surface area contributed by atoms with E-state index in [-0.39, 0.29) is 5.91 Å². The summed E-state index contributed by atoms with van der Waals surface area (Å²) < 4.78 is 11.5. The molecule has 0 bridgehead atoms. The molecule has 1 fully saturated rings. The first-order valence-corrected chi connectivity index (χ1v) is 14.9. The minimum Gasteiger partial charge on any atom is -0.474 e. The van der Waals surface area contributed by atoms with E-state index in [0.29, 0.717) is 56.7 Å². The van der Waals surface area contributed by atoms with Crippen LogP contribution in [-0.4, -0.2) is 80.9 Å². The summed E-state index contributed by atoms with van der Waals surface area (Å²) in [5.41, 5.74) is 4.78. The predicted molar refractivity (Wildman–Crippen MR) is 165 cm³/mol. The van der Waals surface area contributed by atoms with E-state index in [1.165, 1.54) is 0 Å². The third-order valence-corrected chi connectivity index (χ3v) is 7.95. The van der Waals surface area contributed by atoms with E-state index >= 15 is 0 Å². The Labute approximate surface area is 257 Å². The maximum absolute atomic E-state index is 13.1. The van der Waals surface area contributed by atoms with E-state index in [1.54, 1.807) is 22.9 Å². The highest BCUT2D eigenvalue weighted by Crippen LogP contribution is 2.39. The maximum Gasteiger partial charge on any atom is 0.415 e. The summed E-state index contributed by atoms with van der Waals surface area (Å²) in [5.74, 6) is 0.926. The van der Waals surface area contributed by atoms with Crippen LogP contribution in [0.3, 0.4) is 0 Å². The Morgan fingerprint density at radius 1 is 1.11 bits per heavy atom. The predicted octanol–water partition coefficient (Wildman–Crippen LogP) is 3.76. The molecule has 6 rings (SSSR count). The van der Waals surface area contributed by atoms with Crippen LogP contribution in [-0.2, 0) is 28.9 Å².